The van der Waals surface area contributed by atoms with Crippen LogP contribution in [0.1, 0.15) is 29.4 Å². The maximum atomic E-state index is 12.5. The lowest BCUT2D eigenvalue weighted by molar-refractivity contribution is 0.102. The zero-order valence-electron chi connectivity index (χ0n) is 15.5. The average Bonchev–Trinajstić information content (AvgIpc) is 3.48. The number of carbonyl (C=O) groups excluding carboxylic acids is 1. The van der Waals surface area contributed by atoms with Gasteiger partial charge in [0.05, 0.1) is 11.7 Å². The molecule has 1 amide bonds. The van der Waals surface area contributed by atoms with Crippen molar-refractivity contribution in [2.24, 2.45) is 0 Å². The number of nitrogens with zero attached hydrogens (tertiary/aromatic N) is 3. The molecule has 152 valence electrons. The van der Waals surface area contributed by atoms with Gasteiger partial charge < -0.3 is 14.8 Å². The highest BCUT2D eigenvalue weighted by molar-refractivity contribution is 7.14. The van der Waals surface area contributed by atoms with E-state index in [9.17, 15) is 4.79 Å². The van der Waals surface area contributed by atoms with Crippen LogP contribution in [-0.4, -0.2) is 40.6 Å². The van der Waals surface area contributed by atoms with E-state index in [1.54, 1.807) is 6.07 Å². The number of rotatable bonds is 4. The minimum atomic E-state index is -0.255. The summed E-state index contributed by atoms with van der Waals surface area (Å²) in [5.41, 5.74) is 2.08. The standard InChI is InChI=1S/C19H19N5O3S.ClH/c25-18(14-5-7-24(23-14)13-2-1-6-20-9-13)22-19-21-15(10-28-19)12-3-4-16-17(8-12)27-11-26-16;/h3-5,7-8,10,13,20H,1-2,6,9,11H2,(H,21,22,25);1H. The number of nitrogens with one attached hydrogen (secondary N) is 2. The van der Waals surface area contributed by atoms with Crippen molar-refractivity contribution >= 4 is 34.8 Å². The highest BCUT2D eigenvalue weighted by Crippen LogP contribution is 2.36. The molecule has 5 rings (SSSR count). The lowest BCUT2D eigenvalue weighted by atomic mass is 10.1. The van der Waals surface area contributed by atoms with Crippen LogP contribution >= 0.6 is 23.7 Å². The molecule has 1 atom stereocenters. The number of hydrogen-bond donors (Lipinski definition) is 2. The van der Waals surface area contributed by atoms with E-state index < -0.39 is 0 Å². The molecule has 10 heteroatoms. The number of amides is 1. The summed E-state index contributed by atoms with van der Waals surface area (Å²) in [6.45, 7) is 2.16. The molecule has 1 saturated heterocycles. The van der Waals surface area contributed by atoms with E-state index in [0.717, 1.165) is 42.9 Å². The molecule has 29 heavy (non-hydrogen) atoms. The van der Waals surface area contributed by atoms with Crippen LogP contribution in [-0.2, 0) is 0 Å². The average molecular weight is 434 g/mol. The first-order valence-corrected chi connectivity index (χ1v) is 10.1. The summed E-state index contributed by atoms with van der Waals surface area (Å²) < 4.78 is 12.6. The third-order valence-electron chi connectivity index (χ3n) is 4.88. The monoisotopic (exact) mass is 433 g/mol. The maximum absolute atomic E-state index is 12.5. The van der Waals surface area contributed by atoms with Crippen molar-refractivity contribution in [1.29, 1.82) is 0 Å². The van der Waals surface area contributed by atoms with Crippen molar-refractivity contribution in [2.75, 3.05) is 25.2 Å². The Morgan fingerprint density at radius 2 is 2.17 bits per heavy atom. The zero-order chi connectivity index (χ0) is 18.9. The van der Waals surface area contributed by atoms with Crippen LogP contribution in [0.15, 0.2) is 35.8 Å². The second-order valence-electron chi connectivity index (χ2n) is 6.74. The van der Waals surface area contributed by atoms with Crippen LogP contribution in [0.3, 0.4) is 0 Å². The van der Waals surface area contributed by atoms with Crippen molar-refractivity contribution in [2.45, 2.75) is 18.9 Å². The van der Waals surface area contributed by atoms with Crippen LogP contribution in [0.4, 0.5) is 5.13 Å². The summed E-state index contributed by atoms with van der Waals surface area (Å²) in [6, 6.07) is 7.72. The third kappa shape index (κ3) is 4.07. The number of benzene rings is 1. The van der Waals surface area contributed by atoms with E-state index in [0.29, 0.717) is 22.6 Å². The van der Waals surface area contributed by atoms with Crippen molar-refractivity contribution in [1.82, 2.24) is 20.1 Å². The van der Waals surface area contributed by atoms with E-state index in [1.807, 2.05) is 34.5 Å². The van der Waals surface area contributed by atoms with Crippen LogP contribution in [0.2, 0.25) is 0 Å². The Hall–Kier alpha value is -2.62. The number of halogens is 1. The number of ether oxygens (including phenoxy) is 2. The molecule has 0 saturated carbocycles. The van der Waals surface area contributed by atoms with Gasteiger partial charge in [-0.25, -0.2) is 4.98 Å². The first-order valence-electron chi connectivity index (χ1n) is 9.19. The van der Waals surface area contributed by atoms with Crippen molar-refractivity contribution in [3.8, 4) is 22.8 Å². The number of carbonyl (C=O) groups is 1. The van der Waals surface area contributed by atoms with Gasteiger partial charge in [0.25, 0.3) is 5.91 Å². The van der Waals surface area contributed by atoms with Gasteiger partial charge in [0, 0.05) is 23.7 Å². The predicted octanol–water partition coefficient (Wildman–Crippen LogP) is 3.33. The third-order valence-corrected chi connectivity index (χ3v) is 5.64. The van der Waals surface area contributed by atoms with Gasteiger partial charge in [0.2, 0.25) is 6.79 Å². The highest BCUT2D eigenvalue weighted by Gasteiger charge is 2.19. The number of hydrogen-bond acceptors (Lipinski definition) is 7. The molecule has 0 bridgehead atoms. The minimum absolute atomic E-state index is 0. The molecule has 0 spiro atoms. The molecule has 4 heterocycles. The maximum Gasteiger partial charge on any atom is 0.277 e. The fourth-order valence-electron chi connectivity index (χ4n) is 3.40. The summed E-state index contributed by atoms with van der Waals surface area (Å²) in [6.07, 6.45) is 4.06. The fourth-order valence-corrected chi connectivity index (χ4v) is 4.12. The molecule has 0 aliphatic carbocycles. The predicted molar refractivity (Wildman–Crippen MR) is 112 cm³/mol. The zero-order valence-corrected chi connectivity index (χ0v) is 17.1. The summed E-state index contributed by atoms with van der Waals surface area (Å²) in [5.74, 6) is 1.18. The number of fused-ring (bicyclic) bond motifs is 1. The van der Waals surface area contributed by atoms with Gasteiger partial charge in [-0.2, -0.15) is 5.10 Å². The SMILES string of the molecule is Cl.O=C(Nc1nc(-c2ccc3c(c2)OCO3)cs1)c1ccn(C2CCCNC2)n1. The van der Waals surface area contributed by atoms with Crippen LogP contribution < -0.4 is 20.1 Å². The minimum Gasteiger partial charge on any atom is -0.454 e. The first-order chi connectivity index (χ1) is 13.8. The summed E-state index contributed by atoms with van der Waals surface area (Å²) >= 11 is 1.38. The molecule has 1 unspecified atom stereocenters. The van der Waals surface area contributed by atoms with E-state index >= 15 is 0 Å². The second-order valence-corrected chi connectivity index (χ2v) is 7.60. The Kier molecular flexibility index (Phi) is 5.70. The van der Waals surface area contributed by atoms with E-state index in [1.165, 1.54) is 11.3 Å². The van der Waals surface area contributed by atoms with E-state index in [4.69, 9.17) is 9.47 Å². The summed E-state index contributed by atoms with van der Waals surface area (Å²) in [7, 11) is 0. The van der Waals surface area contributed by atoms with Gasteiger partial charge >= 0.3 is 0 Å². The lowest BCUT2D eigenvalue weighted by Gasteiger charge is -2.22. The van der Waals surface area contributed by atoms with E-state index in [-0.39, 0.29) is 25.1 Å². The molecule has 1 aromatic carbocycles. The van der Waals surface area contributed by atoms with Gasteiger partial charge in [-0.15, -0.1) is 23.7 Å². The Balaban J connectivity index is 0.00000205. The Bertz CT molecular complexity index is 1010. The van der Waals surface area contributed by atoms with Gasteiger partial charge in [-0.1, -0.05) is 0 Å². The molecular weight excluding hydrogens is 414 g/mol. The highest BCUT2D eigenvalue weighted by atomic mass is 35.5. The van der Waals surface area contributed by atoms with Crippen molar-refractivity contribution < 1.29 is 14.3 Å². The Morgan fingerprint density at radius 3 is 3.03 bits per heavy atom. The van der Waals surface area contributed by atoms with Gasteiger partial charge in [-0.05, 0) is 43.7 Å². The van der Waals surface area contributed by atoms with Crippen LogP contribution in [0.5, 0.6) is 11.5 Å². The molecule has 0 radical (unpaired) electrons. The lowest BCUT2D eigenvalue weighted by Crippen LogP contribution is -2.32. The number of piperidine rings is 1. The molecule has 2 aliphatic rings. The number of anilines is 1. The van der Waals surface area contributed by atoms with Crippen LogP contribution in [0, 0.1) is 0 Å². The van der Waals surface area contributed by atoms with Crippen LogP contribution in [0.25, 0.3) is 11.3 Å². The molecule has 8 nitrogen and oxygen atoms in total. The second kappa shape index (κ2) is 8.40. The number of thiazole rings is 1. The van der Waals surface area contributed by atoms with Crippen molar-refractivity contribution in [3.63, 3.8) is 0 Å². The largest absolute Gasteiger partial charge is 0.454 e. The molecule has 2 aromatic heterocycles. The van der Waals surface area contributed by atoms with Gasteiger partial charge in [0.15, 0.2) is 22.3 Å². The quantitative estimate of drug-likeness (QED) is 0.655. The van der Waals surface area contributed by atoms with Gasteiger partial charge in [0.1, 0.15) is 0 Å². The molecular formula is C19H20ClN5O3S. The molecule has 1 fully saturated rings. The topological polar surface area (TPSA) is 90.3 Å². The molecule has 2 aliphatic heterocycles. The van der Waals surface area contributed by atoms with Crippen molar-refractivity contribution in [3.05, 3.63) is 41.5 Å². The van der Waals surface area contributed by atoms with Gasteiger partial charge in [-0.3, -0.25) is 14.8 Å². The Morgan fingerprint density at radius 1 is 1.28 bits per heavy atom. The van der Waals surface area contributed by atoms with E-state index in [2.05, 4.69) is 20.7 Å². The molecule has 2 N–H and O–H groups in total. The summed E-state index contributed by atoms with van der Waals surface area (Å²) in [4.78, 5) is 17.1. The smallest absolute Gasteiger partial charge is 0.277 e. The fraction of sp³-hybridized carbons (Fsp3) is 0.316. The normalized spacial score (nSPS) is 17.6. The summed E-state index contributed by atoms with van der Waals surface area (Å²) in [5, 5.41) is 13.1. The molecule has 3 aromatic rings. The first kappa shape index (κ1) is 19.7. The Labute approximate surface area is 177 Å². The number of aromatic nitrogens is 3.